The predicted octanol–water partition coefficient (Wildman–Crippen LogP) is 0.0683. The average Bonchev–Trinajstić information content (AvgIpc) is 2.43. The molecule has 3 nitrogen and oxygen atoms in total. The van der Waals surface area contributed by atoms with Gasteiger partial charge in [0.2, 0.25) is 0 Å². The summed E-state index contributed by atoms with van der Waals surface area (Å²) in [7, 11) is 0. The van der Waals surface area contributed by atoms with E-state index in [4.69, 9.17) is 0 Å². The first-order chi connectivity index (χ1) is 6.11. The fourth-order valence-electron chi connectivity index (χ4n) is 2.70. The number of hydrogen-bond acceptors (Lipinski definition) is 3. The van der Waals surface area contributed by atoms with Crippen LogP contribution in [-0.4, -0.2) is 46.5 Å². The molecule has 0 radical (unpaired) electrons. The van der Waals surface area contributed by atoms with Crippen molar-refractivity contribution in [2.24, 2.45) is 11.8 Å². The minimum Gasteiger partial charge on any atom is -0.391 e. The number of aliphatic hydroxyl groups excluding tert-OH is 2. The molecule has 76 valence electrons. The lowest BCUT2D eigenvalue weighted by Crippen LogP contribution is -2.55. The fraction of sp³-hybridized carbons (Fsp3) is 1.00. The van der Waals surface area contributed by atoms with Crippen LogP contribution in [0.2, 0.25) is 0 Å². The summed E-state index contributed by atoms with van der Waals surface area (Å²) in [4.78, 5) is 2.24. The van der Waals surface area contributed by atoms with Gasteiger partial charge in [-0.3, -0.25) is 4.90 Å². The Bertz CT molecular complexity index is 197. The molecule has 1 unspecified atom stereocenters. The molecule has 2 aliphatic heterocycles. The summed E-state index contributed by atoms with van der Waals surface area (Å²) in [6.07, 6.45) is 0.160. The Morgan fingerprint density at radius 3 is 2.62 bits per heavy atom. The Labute approximate surface area is 79.4 Å². The summed E-state index contributed by atoms with van der Waals surface area (Å²) >= 11 is 0. The zero-order valence-electron chi connectivity index (χ0n) is 8.35. The van der Waals surface area contributed by atoms with E-state index in [-0.39, 0.29) is 18.2 Å². The van der Waals surface area contributed by atoms with Crippen LogP contribution in [0, 0.1) is 11.8 Å². The second-order valence-electron chi connectivity index (χ2n) is 4.67. The van der Waals surface area contributed by atoms with E-state index in [1.54, 1.807) is 0 Å². The number of aliphatic hydroxyl groups is 2. The van der Waals surface area contributed by atoms with E-state index in [9.17, 15) is 10.2 Å². The average molecular weight is 185 g/mol. The van der Waals surface area contributed by atoms with Gasteiger partial charge in [-0.25, -0.2) is 0 Å². The highest BCUT2D eigenvalue weighted by Gasteiger charge is 2.45. The number of rotatable bonds is 0. The summed E-state index contributed by atoms with van der Waals surface area (Å²) in [5.41, 5.74) is 0. The van der Waals surface area contributed by atoms with Gasteiger partial charge in [-0.05, 0) is 18.3 Å². The van der Waals surface area contributed by atoms with E-state index >= 15 is 0 Å². The topological polar surface area (TPSA) is 43.7 Å². The van der Waals surface area contributed by atoms with Gasteiger partial charge in [0.25, 0.3) is 0 Å². The molecule has 2 heterocycles. The third-order valence-electron chi connectivity index (χ3n) is 3.84. The molecular weight excluding hydrogens is 166 g/mol. The van der Waals surface area contributed by atoms with Crippen LogP contribution in [0.5, 0.6) is 0 Å². The summed E-state index contributed by atoms with van der Waals surface area (Å²) in [5.74, 6) is 0.852. The van der Waals surface area contributed by atoms with Gasteiger partial charge >= 0.3 is 0 Å². The quantitative estimate of drug-likeness (QED) is 0.561. The van der Waals surface area contributed by atoms with Crippen molar-refractivity contribution in [2.45, 2.75) is 38.5 Å². The van der Waals surface area contributed by atoms with E-state index in [2.05, 4.69) is 18.7 Å². The van der Waals surface area contributed by atoms with Crippen molar-refractivity contribution in [1.29, 1.82) is 0 Å². The van der Waals surface area contributed by atoms with Gasteiger partial charge in [-0.1, -0.05) is 13.8 Å². The Kier molecular flexibility index (Phi) is 2.34. The largest absolute Gasteiger partial charge is 0.391 e. The van der Waals surface area contributed by atoms with E-state index in [0.29, 0.717) is 11.8 Å². The minimum absolute atomic E-state index is 0.00574. The van der Waals surface area contributed by atoms with Crippen molar-refractivity contribution in [2.75, 3.05) is 13.1 Å². The third-order valence-corrected chi connectivity index (χ3v) is 3.84. The van der Waals surface area contributed by atoms with Crippen LogP contribution < -0.4 is 0 Å². The molecule has 13 heavy (non-hydrogen) atoms. The third kappa shape index (κ3) is 1.39. The summed E-state index contributed by atoms with van der Waals surface area (Å²) in [6, 6.07) is 0.00574. The van der Waals surface area contributed by atoms with Crippen molar-refractivity contribution >= 4 is 0 Å². The first-order valence-corrected chi connectivity index (χ1v) is 5.21. The van der Waals surface area contributed by atoms with Crippen molar-refractivity contribution in [1.82, 2.24) is 4.90 Å². The molecule has 0 spiro atoms. The van der Waals surface area contributed by atoms with Gasteiger partial charge in [0.05, 0.1) is 18.2 Å². The van der Waals surface area contributed by atoms with E-state index in [0.717, 1.165) is 19.5 Å². The van der Waals surface area contributed by atoms with E-state index in [1.807, 2.05) is 0 Å². The number of nitrogens with zero attached hydrogens (tertiary/aromatic N) is 1. The van der Waals surface area contributed by atoms with Gasteiger partial charge in [-0.2, -0.15) is 0 Å². The highest BCUT2D eigenvalue weighted by atomic mass is 16.3. The minimum atomic E-state index is -0.346. The fourth-order valence-corrected chi connectivity index (χ4v) is 2.70. The molecule has 2 saturated heterocycles. The second kappa shape index (κ2) is 3.23. The maximum atomic E-state index is 9.99. The number of hydrogen-bond donors (Lipinski definition) is 2. The van der Waals surface area contributed by atoms with Crippen molar-refractivity contribution in [3.05, 3.63) is 0 Å². The van der Waals surface area contributed by atoms with Crippen LogP contribution in [-0.2, 0) is 0 Å². The Morgan fingerprint density at radius 2 is 1.92 bits per heavy atom. The number of piperidine rings is 1. The first-order valence-electron chi connectivity index (χ1n) is 5.21. The van der Waals surface area contributed by atoms with Gasteiger partial charge in [0.1, 0.15) is 0 Å². The van der Waals surface area contributed by atoms with Gasteiger partial charge in [0, 0.05) is 13.1 Å². The van der Waals surface area contributed by atoms with Crippen LogP contribution in [0.1, 0.15) is 20.3 Å². The summed E-state index contributed by atoms with van der Waals surface area (Å²) in [5, 5.41) is 19.7. The van der Waals surface area contributed by atoms with Crippen LogP contribution in [0.3, 0.4) is 0 Å². The molecule has 3 heteroatoms. The first kappa shape index (κ1) is 9.44. The van der Waals surface area contributed by atoms with Gasteiger partial charge in [-0.15, -0.1) is 0 Å². The summed E-state index contributed by atoms with van der Waals surface area (Å²) < 4.78 is 0. The molecule has 2 N–H and O–H groups in total. The lowest BCUT2D eigenvalue weighted by Gasteiger charge is -2.42. The zero-order valence-corrected chi connectivity index (χ0v) is 8.35. The molecule has 2 aliphatic rings. The molecule has 0 aromatic carbocycles. The monoisotopic (exact) mass is 185 g/mol. The van der Waals surface area contributed by atoms with Gasteiger partial charge in [0.15, 0.2) is 0 Å². The molecule has 0 amide bonds. The normalized spacial score (nSPS) is 52.2. The molecule has 5 atom stereocenters. The maximum Gasteiger partial charge on any atom is 0.0749 e. The Balaban J connectivity index is 2.15. The molecule has 2 rings (SSSR count). The smallest absolute Gasteiger partial charge is 0.0749 e. The van der Waals surface area contributed by atoms with Gasteiger partial charge < -0.3 is 10.2 Å². The standard InChI is InChI=1S/C10H19NO2/c1-6-5-11-4-3-8(12)9(11)10(13)7(6)2/h6-10,12-13H,3-5H2,1-2H3/t6-,7+,8-,9?,10-/m0/s1. The Hall–Kier alpha value is -0.120. The lowest BCUT2D eigenvalue weighted by molar-refractivity contribution is -0.0633. The zero-order chi connectivity index (χ0) is 9.59. The molecule has 0 aromatic rings. The molecule has 0 bridgehead atoms. The molecular formula is C10H19NO2. The molecule has 0 aliphatic carbocycles. The van der Waals surface area contributed by atoms with Crippen molar-refractivity contribution in [3.8, 4) is 0 Å². The maximum absolute atomic E-state index is 9.99. The van der Waals surface area contributed by atoms with Crippen LogP contribution >= 0.6 is 0 Å². The predicted molar refractivity (Wildman–Crippen MR) is 50.3 cm³/mol. The van der Waals surface area contributed by atoms with E-state index in [1.165, 1.54) is 0 Å². The molecule has 0 saturated carbocycles. The molecule has 0 aromatic heterocycles. The highest BCUT2D eigenvalue weighted by molar-refractivity contribution is 4.98. The van der Waals surface area contributed by atoms with E-state index < -0.39 is 0 Å². The SMILES string of the molecule is C[C@H]1[C@H](O)C2[C@@H](O)CCN2C[C@@H]1C. The lowest BCUT2D eigenvalue weighted by atomic mass is 9.81. The molecule has 2 fully saturated rings. The highest BCUT2D eigenvalue weighted by Crippen LogP contribution is 2.33. The summed E-state index contributed by atoms with van der Waals surface area (Å²) in [6.45, 7) is 6.23. The number of fused-ring (bicyclic) bond motifs is 1. The Morgan fingerprint density at radius 1 is 1.23 bits per heavy atom. The van der Waals surface area contributed by atoms with Crippen LogP contribution in [0.25, 0.3) is 0 Å². The van der Waals surface area contributed by atoms with Crippen LogP contribution in [0.4, 0.5) is 0 Å². The van der Waals surface area contributed by atoms with Crippen molar-refractivity contribution < 1.29 is 10.2 Å². The van der Waals surface area contributed by atoms with Crippen LogP contribution in [0.15, 0.2) is 0 Å². The second-order valence-corrected chi connectivity index (χ2v) is 4.67. The van der Waals surface area contributed by atoms with Crippen molar-refractivity contribution in [3.63, 3.8) is 0 Å².